The van der Waals surface area contributed by atoms with Gasteiger partial charge in [0.25, 0.3) is 0 Å². The molecule has 0 aliphatic rings. The minimum absolute atomic E-state index is 0.0132. The molecule has 0 heterocycles. The van der Waals surface area contributed by atoms with Gasteiger partial charge >= 0.3 is 7.60 Å². The maximum absolute atomic E-state index is 12.7. The van der Waals surface area contributed by atoms with Crippen LogP contribution in [0, 0.1) is 0 Å². The lowest BCUT2D eigenvalue weighted by molar-refractivity contribution is -0.0570. The fourth-order valence-corrected chi connectivity index (χ4v) is 3.50. The molecule has 0 radical (unpaired) electrons. The SMILES string of the molecule is CP(=O)(OCC(CON)OCc1ccccc1)OCC(CON)OCc1ccccc1. The zero-order valence-electron chi connectivity index (χ0n) is 17.6. The van der Waals surface area contributed by atoms with Gasteiger partial charge in [-0.2, -0.15) is 0 Å². The van der Waals surface area contributed by atoms with Crippen molar-refractivity contribution in [3.63, 3.8) is 0 Å². The summed E-state index contributed by atoms with van der Waals surface area (Å²) in [5.74, 6) is 10.3. The molecule has 2 unspecified atom stereocenters. The van der Waals surface area contributed by atoms with Crippen molar-refractivity contribution in [3.05, 3.63) is 71.8 Å². The van der Waals surface area contributed by atoms with Gasteiger partial charge in [-0.1, -0.05) is 60.7 Å². The first-order valence-corrected chi connectivity index (χ1v) is 11.8. The van der Waals surface area contributed by atoms with Gasteiger partial charge < -0.3 is 28.2 Å². The molecule has 0 aliphatic heterocycles. The van der Waals surface area contributed by atoms with Gasteiger partial charge in [0, 0.05) is 6.66 Å². The smallest absolute Gasteiger partial charge is 0.327 e. The van der Waals surface area contributed by atoms with Crippen LogP contribution in [0.3, 0.4) is 0 Å². The number of rotatable bonds is 16. The number of benzene rings is 2. The Morgan fingerprint density at radius 3 is 1.45 bits per heavy atom. The number of nitrogens with two attached hydrogens (primary N) is 2. The van der Waals surface area contributed by atoms with Crippen molar-refractivity contribution in [1.29, 1.82) is 0 Å². The predicted molar refractivity (Wildman–Crippen MR) is 116 cm³/mol. The third-order valence-electron chi connectivity index (χ3n) is 4.21. The Labute approximate surface area is 183 Å². The Balaban J connectivity index is 1.78. The van der Waals surface area contributed by atoms with Crippen LogP contribution in [0.4, 0.5) is 0 Å². The molecule has 0 spiro atoms. The summed E-state index contributed by atoms with van der Waals surface area (Å²) in [7, 11) is -3.39. The normalized spacial score (nSPS) is 15.3. The highest BCUT2D eigenvalue weighted by atomic mass is 31.2. The topological polar surface area (TPSA) is 124 Å². The molecular formula is C21H31N2O7P. The van der Waals surface area contributed by atoms with E-state index >= 15 is 0 Å². The fourth-order valence-electron chi connectivity index (χ4n) is 2.55. The van der Waals surface area contributed by atoms with Crippen LogP contribution < -0.4 is 11.8 Å². The Kier molecular flexibility index (Phi) is 11.9. The van der Waals surface area contributed by atoms with Crippen molar-refractivity contribution in [1.82, 2.24) is 0 Å². The van der Waals surface area contributed by atoms with Crippen molar-refractivity contribution in [2.45, 2.75) is 25.4 Å². The van der Waals surface area contributed by atoms with E-state index in [-0.39, 0.29) is 26.4 Å². The standard InChI is InChI=1S/C21H31N2O7P/c1-31(24,29-16-20(14-27-22)25-12-18-8-4-2-5-9-18)30-17-21(15-28-23)26-13-19-10-6-3-7-11-19/h2-11,20-21H,12-17,22-23H2,1H3. The summed E-state index contributed by atoms with van der Waals surface area (Å²) in [5, 5.41) is 0. The van der Waals surface area contributed by atoms with Gasteiger partial charge in [-0.25, -0.2) is 11.8 Å². The van der Waals surface area contributed by atoms with Gasteiger partial charge in [0.2, 0.25) is 0 Å². The quantitative estimate of drug-likeness (QED) is 0.291. The van der Waals surface area contributed by atoms with E-state index in [1.807, 2.05) is 60.7 Å². The summed E-state index contributed by atoms with van der Waals surface area (Å²) in [4.78, 5) is 9.35. The van der Waals surface area contributed by atoms with Crippen LogP contribution in [0.25, 0.3) is 0 Å². The minimum atomic E-state index is -3.39. The maximum Gasteiger partial charge on any atom is 0.327 e. The van der Waals surface area contributed by atoms with Gasteiger partial charge in [-0.05, 0) is 11.1 Å². The molecule has 10 heteroatoms. The van der Waals surface area contributed by atoms with Crippen LogP contribution >= 0.6 is 7.60 Å². The average molecular weight is 454 g/mol. The average Bonchev–Trinajstić information content (AvgIpc) is 2.79. The molecule has 0 fully saturated rings. The Hall–Kier alpha value is -1.65. The van der Waals surface area contributed by atoms with Gasteiger partial charge in [0.15, 0.2) is 0 Å². The molecule has 9 nitrogen and oxygen atoms in total. The number of hydrogen-bond donors (Lipinski definition) is 2. The van der Waals surface area contributed by atoms with Gasteiger partial charge in [-0.3, -0.25) is 4.57 Å². The maximum atomic E-state index is 12.7. The molecule has 0 saturated carbocycles. The Morgan fingerprint density at radius 1 is 0.710 bits per heavy atom. The third-order valence-corrected chi connectivity index (χ3v) is 5.45. The number of hydrogen-bond acceptors (Lipinski definition) is 9. The van der Waals surface area contributed by atoms with E-state index in [2.05, 4.69) is 9.68 Å². The molecule has 2 aromatic carbocycles. The van der Waals surface area contributed by atoms with E-state index in [0.717, 1.165) is 11.1 Å². The van der Waals surface area contributed by atoms with Crippen molar-refractivity contribution in [3.8, 4) is 0 Å². The summed E-state index contributed by atoms with van der Waals surface area (Å²) in [5.41, 5.74) is 1.97. The van der Waals surface area contributed by atoms with E-state index in [0.29, 0.717) is 13.2 Å². The predicted octanol–water partition coefficient (Wildman–Crippen LogP) is 2.79. The Bertz CT molecular complexity index is 705. The molecule has 2 aromatic rings. The lowest BCUT2D eigenvalue weighted by Gasteiger charge is -2.22. The molecule has 0 saturated heterocycles. The second-order valence-corrected chi connectivity index (χ2v) is 8.93. The van der Waals surface area contributed by atoms with Crippen LogP contribution in [0.1, 0.15) is 11.1 Å². The largest absolute Gasteiger partial charge is 0.369 e. The molecule has 0 bridgehead atoms. The summed E-state index contributed by atoms with van der Waals surface area (Å²) < 4.78 is 35.1. The van der Waals surface area contributed by atoms with E-state index < -0.39 is 19.8 Å². The first kappa shape index (κ1) is 25.6. The molecule has 31 heavy (non-hydrogen) atoms. The molecule has 0 aliphatic carbocycles. The zero-order chi connectivity index (χ0) is 22.4. The molecule has 172 valence electrons. The highest BCUT2D eigenvalue weighted by molar-refractivity contribution is 7.52. The zero-order valence-corrected chi connectivity index (χ0v) is 18.5. The summed E-state index contributed by atoms with van der Waals surface area (Å²) in [6, 6.07) is 19.2. The fraction of sp³-hybridized carbons (Fsp3) is 0.429. The lowest BCUT2D eigenvalue weighted by atomic mass is 10.2. The van der Waals surface area contributed by atoms with Crippen molar-refractivity contribution >= 4 is 7.60 Å². The molecule has 2 atom stereocenters. The third kappa shape index (κ3) is 11.0. The van der Waals surface area contributed by atoms with Crippen LogP contribution in [-0.2, 0) is 46.0 Å². The molecule has 2 rings (SSSR count). The van der Waals surface area contributed by atoms with E-state index in [1.54, 1.807) is 0 Å². The van der Waals surface area contributed by atoms with Crippen LogP contribution in [0.2, 0.25) is 0 Å². The van der Waals surface area contributed by atoms with Crippen molar-refractivity contribution in [2.75, 3.05) is 33.1 Å². The van der Waals surface area contributed by atoms with Gasteiger partial charge in [0.1, 0.15) is 12.2 Å². The summed E-state index contributed by atoms with van der Waals surface area (Å²) in [6.45, 7) is 2.20. The van der Waals surface area contributed by atoms with Crippen molar-refractivity contribution < 1.29 is 32.8 Å². The molecule has 4 N–H and O–H groups in total. The lowest BCUT2D eigenvalue weighted by Crippen LogP contribution is -2.28. The van der Waals surface area contributed by atoms with E-state index in [4.69, 9.17) is 30.3 Å². The molecule has 0 amide bonds. The van der Waals surface area contributed by atoms with Crippen LogP contribution in [0.15, 0.2) is 60.7 Å². The van der Waals surface area contributed by atoms with Crippen molar-refractivity contribution in [2.24, 2.45) is 11.8 Å². The van der Waals surface area contributed by atoms with Gasteiger partial charge in [-0.15, -0.1) is 0 Å². The first-order valence-electron chi connectivity index (χ1n) is 9.83. The first-order chi connectivity index (χ1) is 15.0. The number of ether oxygens (including phenoxy) is 2. The molecular weight excluding hydrogens is 423 g/mol. The summed E-state index contributed by atoms with van der Waals surface area (Å²) >= 11 is 0. The summed E-state index contributed by atoms with van der Waals surface area (Å²) in [6.07, 6.45) is -1.03. The monoisotopic (exact) mass is 454 g/mol. The highest BCUT2D eigenvalue weighted by Gasteiger charge is 2.23. The second-order valence-electron chi connectivity index (χ2n) is 6.87. The second kappa shape index (κ2) is 14.4. The Morgan fingerprint density at radius 2 is 1.10 bits per heavy atom. The van der Waals surface area contributed by atoms with E-state index in [1.165, 1.54) is 6.66 Å². The highest BCUT2D eigenvalue weighted by Crippen LogP contribution is 2.44. The minimum Gasteiger partial charge on any atom is -0.369 e. The van der Waals surface area contributed by atoms with Crippen LogP contribution in [-0.4, -0.2) is 45.3 Å². The van der Waals surface area contributed by atoms with Gasteiger partial charge in [0.05, 0.1) is 39.6 Å². The molecule has 0 aromatic heterocycles. The van der Waals surface area contributed by atoms with E-state index in [9.17, 15) is 4.57 Å². The van der Waals surface area contributed by atoms with Crippen LogP contribution in [0.5, 0.6) is 0 Å².